The van der Waals surface area contributed by atoms with E-state index in [0.717, 1.165) is 30.2 Å². The third-order valence-corrected chi connectivity index (χ3v) is 3.94. The van der Waals surface area contributed by atoms with Crippen LogP contribution in [0.3, 0.4) is 0 Å². The molecule has 5 heteroatoms. The van der Waals surface area contributed by atoms with Crippen LogP contribution in [0.1, 0.15) is 25.1 Å². The summed E-state index contributed by atoms with van der Waals surface area (Å²) in [5.74, 6) is 2.35. The lowest BCUT2D eigenvalue weighted by atomic mass is 9.97. The maximum atomic E-state index is 6.13. The molecule has 1 aromatic heterocycles. The average molecular weight is 271 g/mol. The van der Waals surface area contributed by atoms with E-state index in [4.69, 9.17) is 5.73 Å². The third kappa shape index (κ3) is 2.18. The number of nitrogens with two attached hydrogens (primary N) is 1. The molecule has 3 rings (SSSR count). The minimum atomic E-state index is 0.188. The molecule has 2 heterocycles. The Morgan fingerprint density at radius 3 is 2.55 bits per heavy atom. The molecular formula is C15H21N5. The van der Waals surface area contributed by atoms with Crippen molar-refractivity contribution in [2.75, 3.05) is 19.0 Å². The van der Waals surface area contributed by atoms with E-state index in [1.165, 1.54) is 5.69 Å². The fourth-order valence-corrected chi connectivity index (χ4v) is 2.85. The van der Waals surface area contributed by atoms with Crippen molar-refractivity contribution in [1.82, 2.24) is 14.8 Å². The van der Waals surface area contributed by atoms with Crippen LogP contribution in [-0.2, 0) is 6.54 Å². The first-order chi connectivity index (χ1) is 9.56. The monoisotopic (exact) mass is 271 g/mol. The fraction of sp³-hybridized carbons (Fsp3) is 0.467. The van der Waals surface area contributed by atoms with Gasteiger partial charge in [0.2, 0.25) is 0 Å². The summed E-state index contributed by atoms with van der Waals surface area (Å²) in [6.45, 7) is 2.97. The van der Waals surface area contributed by atoms with E-state index in [1.54, 1.807) is 0 Å². The first-order valence-corrected chi connectivity index (χ1v) is 7.02. The zero-order chi connectivity index (χ0) is 14.3. The summed E-state index contributed by atoms with van der Waals surface area (Å²) in [7, 11) is 4.07. The number of nitrogens with zero attached hydrogens (tertiary/aromatic N) is 4. The van der Waals surface area contributed by atoms with Gasteiger partial charge in [0, 0.05) is 43.9 Å². The summed E-state index contributed by atoms with van der Waals surface area (Å²) in [5, 5.41) is 8.72. The topological polar surface area (TPSA) is 60.0 Å². The van der Waals surface area contributed by atoms with E-state index in [-0.39, 0.29) is 6.04 Å². The van der Waals surface area contributed by atoms with E-state index < -0.39 is 0 Å². The number of fused-ring (bicyclic) bond motifs is 1. The Labute approximate surface area is 119 Å². The SMILES string of the molecule is CC1CC(N)Cn2c(-c3ccc(N(C)C)cc3)nnc21. The molecule has 2 N–H and O–H groups in total. The molecule has 0 fully saturated rings. The van der Waals surface area contributed by atoms with Crippen molar-refractivity contribution < 1.29 is 0 Å². The first-order valence-electron chi connectivity index (χ1n) is 7.02. The Morgan fingerprint density at radius 2 is 1.90 bits per heavy atom. The minimum Gasteiger partial charge on any atom is -0.378 e. The summed E-state index contributed by atoms with van der Waals surface area (Å²) in [6, 6.07) is 8.58. The quantitative estimate of drug-likeness (QED) is 0.905. The summed E-state index contributed by atoms with van der Waals surface area (Å²) in [4.78, 5) is 2.08. The summed E-state index contributed by atoms with van der Waals surface area (Å²) in [5.41, 5.74) is 8.40. The van der Waals surface area contributed by atoms with Gasteiger partial charge >= 0.3 is 0 Å². The van der Waals surface area contributed by atoms with E-state index >= 15 is 0 Å². The Kier molecular flexibility index (Phi) is 3.22. The van der Waals surface area contributed by atoms with Crippen LogP contribution >= 0.6 is 0 Å². The zero-order valence-corrected chi connectivity index (χ0v) is 12.2. The van der Waals surface area contributed by atoms with Gasteiger partial charge in [0.25, 0.3) is 0 Å². The van der Waals surface area contributed by atoms with E-state index in [0.29, 0.717) is 5.92 Å². The van der Waals surface area contributed by atoms with E-state index in [2.05, 4.69) is 50.9 Å². The smallest absolute Gasteiger partial charge is 0.164 e. The van der Waals surface area contributed by atoms with Crippen LogP contribution in [0.5, 0.6) is 0 Å². The van der Waals surface area contributed by atoms with Gasteiger partial charge in [-0.1, -0.05) is 6.92 Å². The van der Waals surface area contributed by atoms with Crippen molar-refractivity contribution in [3.05, 3.63) is 30.1 Å². The molecule has 0 radical (unpaired) electrons. The predicted octanol–water partition coefficient (Wildman–Crippen LogP) is 1.85. The lowest BCUT2D eigenvalue weighted by Crippen LogP contribution is -2.33. The molecule has 20 heavy (non-hydrogen) atoms. The summed E-state index contributed by atoms with van der Waals surface area (Å²) in [6.07, 6.45) is 0.984. The molecule has 106 valence electrons. The molecular weight excluding hydrogens is 250 g/mol. The fourth-order valence-electron chi connectivity index (χ4n) is 2.85. The molecule has 2 unspecified atom stereocenters. The Balaban J connectivity index is 1.99. The number of hydrogen-bond donors (Lipinski definition) is 1. The zero-order valence-electron chi connectivity index (χ0n) is 12.2. The highest BCUT2D eigenvalue weighted by atomic mass is 15.3. The van der Waals surface area contributed by atoms with Crippen LogP contribution in [0.15, 0.2) is 24.3 Å². The molecule has 1 aliphatic rings. The van der Waals surface area contributed by atoms with Crippen LogP contribution in [-0.4, -0.2) is 34.9 Å². The van der Waals surface area contributed by atoms with Gasteiger partial charge in [-0.25, -0.2) is 0 Å². The second-order valence-corrected chi connectivity index (χ2v) is 5.83. The normalized spacial score (nSPS) is 21.6. The van der Waals surface area contributed by atoms with Gasteiger partial charge in [0.1, 0.15) is 5.82 Å². The maximum Gasteiger partial charge on any atom is 0.164 e. The highest BCUT2D eigenvalue weighted by molar-refractivity contribution is 5.60. The number of aromatic nitrogens is 3. The minimum absolute atomic E-state index is 0.188. The van der Waals surface area contributed by atoms with Gasteiger partial charge in [0.15, 0.2) is 5.82 Å². The highest BCUT2D eigenvalue weighted by Crippen LogP contribution is 2.29. The number of benzene rings is 1. The van der Waals surface area contributed by atoms with Crippen LogP contribution in [0.4, 0.5) is 5.69 Å². The van der Waals surface area contributed by atoms with Crippen molar-refractivity contribution >= 4 is 5.69 Å². The second kappa shape index (κ2) is 4.90. The van der Waals surface area contributed by atoms with Gasteiger partial charge in [-0.15, -0.1) is 10.2 Å². The molecule has 0 bridgehead atoms. The van der Waals surface area contributed by atoms with Gasteiger partial charge in [-0.3, -0.25) is 0 Å². The van der Waals surface area contributed by atoms with Gasteiger partial charge < -0.3 is 15.2 Å². The standard InChI is InChI=1S/C15H21N5/c1-10-8-12(16)9-20-14(10)17-18-15(20)11-4-6-13(7-5-11)19(2)3/h4-7,10,12H,8-9,16H2,1-3H3. The predicted molar refractivity (Wildman–Crippen MR) is 80.8 cm³/mol. The molecule has 1 aromatic carbocycles. The van der Waals surface area contributed by atoms with Crippen LogP contribution in [0.2, 0.25) is 0 Å². The van der Waals surface area contributed by atoms with Gasteiger partial charge in [0.05, 0.1) is 0 Å². The Bertz CT molecular complexity index is 599. The molecule has 5 nitrogen and oxygen atoms in total. The molecule has 2 aromatic rings. The van der Waals surface area contributed by atoms with Crippen LogP contribution in [0, 0.1) is 0 Å². The number of rotatable bonds is 2. The van der Waals surface area contributed by atoms with Gasteiger partial charge in [-0.2, -0.15) is 0 Å². The van der Waals surface area contributed by atoms with Crippen molar-refractivity contribution in [2.45, 2.75) is 31.8 Å². The van der Waals surface area contributed by atoms with Crippen molar-refractivity contribution in [3.63, 3.8) is 0 Å². The lowest BCUT2D eigenvalue weighted by molar-refractivity contribution is 0.409. The molecule has 1 aliphatic heterocycles. The lowest BCUT2D eigenvalue weighted by Gasteiger charge is -2.25. The second-order valence-electron chi connectivity index (χ2n) is 5.83. The number of anilines is 1. The van der Waals surface area contributed by atoms with Crippen LogP contribution < -0.4 is 10.6 Å². The average Bonchev–Trinajstić information content (AvgIpc) is 2.82. The molecule has 0 amide bonds. The van der Waals surface area contributed by atoms with Crippen LogP contribution in [0.25, 0.3) is 11.4 Å². The Hall–Kier alpha value is -1.88. The molecule has 0 aliphatic carbocycles. The Morgan fingerprint density at radius 1 is 1.20 bits per heavy atom. The molecule has 0 saturated carbocycles. The highest BCUT2D eigenvalue weighted by Gasteiger charge is 2.26. The van der Waals surface area contributed by atoms with E-state index in [9.17, 15) is 0 Å². The van der Waals surface area contributed by atoms with E-state index in [1.807, 2.05) is 14.1 Å². The molecule has 0 spiro atoms. The number of hydrogen-bond acceptors (Lipinski definition) is 4. The third-order valence-electron chi connectivity index (χ3n) is 3.94. The first kappa shape index (κ1) is 13.1. The largest absolute Gasteiger partial charge is 0.378 e. The van der Waals surface area contributed by atoms with Crippen molar-refractivity contribution in [3.8, 4) is 11.4 Å². The van der Waals surface area contributed by atoms with Crippen molar-refractivity contribution in [2.24, 2.45) is 5.73 Å². The van der Waals surface area contributed by atoms with Gasteiger partial charge in [-0.05, 0) is 30.7 Å². The summed E-state index contributed by atoms with van der Waals surface area (Å²) >= 11 is 0. The molecule has 2 atom stereocenters. The molecule has 0 saturated heterocycles. The summed E-state index contributed by atoms with van der Waals surface area (Å²) < 4.78 is 2.17. The maximum absolute atomic E-state index is 6.13. The van der Waals surface area contributed by atoms with Crippen molar-refractivity contribution in [1.29, 1.82) is 0 Å².